The van der Waals surface area contributed by atoms with Crippen LogP contribution in [-0.2, 0) is 19.8 Å². The summed E-state index contributed by atoms with van der Waals surface area (Å²) in [7, 11) is 0. The molecule has 3 aromatic rings. The van der Waals surface area contributed by atoms with Crippen molar-refractivity contribution in [2.24, 2.45) is 0 Å². The Morgan fingerprint density at radius 1 is 1.10 bits per heavy atom. The third-order valence-electron chi connectivity index (χ3n) is 8.46. The summed E-state index contributed by atoms with van der Waals surface area (Å²) in [6, 6.07) is 16.0. The maximum atomic E-state index is 14.5. The first-order valence-corrected chi connectivity index (χ1v) is 14.7. The van der Waals surface area contributed by atoms with E-state index >= 15 is 0 Å². The number of hydrogen-bond acceptors (Lipinski definition) is 4. The Bertz CT molecular complexity index is 1560. The van der Waals surface area contributed by atoms with E-state index in [4.69, 9.17) is 16.3 Å². The molecule has 0 saturated carbocycles. The highest BCUT2D eigenvalue weighted by molar-refractivity contribution is 9.10. The van der Waals surface area contributed by atoms with Gasteiger partial charge in [0.05, 0.1) is 6.04 Å². The van der Waals surface area contributed by atoms with Crippen LogP contribution in [0.2, 0.25) is 5.02 Å². The zero-order valence-electron chi connectivity index (χ0n) is 22.3. The smallest absolute Gasteiger partial charge is 0.238 e. The van der Waals surface area contributed by atoms with Crippen molar-refractivity contribution >= 4 is 50.9 Å². The highest BCUT2D eigenvalue weighted by atomic mass is 79.9. The SMILES string of the molecule is CC(=O)N1CCC(Oc2ccc(Br)cc2[C@H]2CC(=O)N[C@@H](c3cccc(F)c3)[C@]23C(=O)Nc2cc(Cl)ccc23)CC1. The lowest BCUT2D eigenvalue weighted by molar-refractivity contribution is -0.132. The Morgan fingerprint density at radius 3 is 2.61 bits per heavy atom. The fourth-order valence-corrected chi connectivity index (χ4v) is 7.15. The Morgan fingerprint density at radius 2 is 1.88 bits per heavy atom. The van der Waals surface area contributed by atoms with Crippen molar-refractivity contribution in [3.8, 4) is 5.75 Å². The van der Waals surface area contributed by atoms with Gasteiger partial charge in [0.15, 0.2) is 0 Å². The molecule has 3 aliphatic rings. The Hall–Kier alpha value is -3.43. The molecule has 0 unspecified atom stereocenters. The van der Waals surface area contributed by atoms with E-state index in [0.717, 1.165) is 4.47 Å². The molecule has 2 fully saturated rings. The van der Waals surface area contributed by atoms with Crippen molar-refractivity contribution < 1.29 is 23.5 Å². The number of likely N-dealkylation sites (tertiary alicyclic amines) is 1. The van der Waals surface area contributed by atoms with Crippen molar-refractivity contribution in [1.82, 2.24) is 10.2 Å². The van der Waals surface area contributed by atoms with E-state index in [1.54, 1.807) is 36.1 Å². The van der Waals surface area contributed by atoms with Crippen LogP contribution in [0, 0.1) is 5.82 Å². The van der Waals surface area contributed by atoms with Gasteiger partial charge in [0, 0.05) is 65.9 Å². The second-order valence-corrected chi connectivity index (χ2v) is 12.2. The number of carbonyl (C=O) groups is 3. The number of hydrogen-bond donors (Lipinski definition) is 2. The van der Waals surface area contributed by atoms with E-state index in [1.807, 2.05) is 24.3 Å². The molecular formula is C31H28BrClFN3O4. The van der Waals surface area contributed by atoms with Crippen molar-refractivity contribution in [3.05, 3.63) is 92.7 Å². The molecule has 0 bridgehead atoms. The molecule has 212 valence electrons. The van der Waals surface area contributed by atoms with Crippen LogP contribution in [0.1, 0.15) is 54.8 Å². The molecule has 3 amide bonds. The number of halogens is 3. The molecule has 7 nitrogen and oxygen atoms in total. The zero-order chi connectivity index (χ0) is 28.9. The van der Waals surface area contributed by atoms with Gasteiger partial charge in [0.25, 0.3) is 0 Å². The number of ether oxygens (including phenoxy) is 1. The van der Waals surface area contributed by atoms with Gasteiger partial charge in [-0.3, -0.25) is 14.4 Å². The minimum Gasteiger partial charge on any atom is -0.490 e. The van der Waals surface area contributed by atoms with Gasteiger partial charge in [-0.25, -0.2) is 4.39 Å². The van der Waals surface area contributed by atoms with Crippen LogP contribution in [-0.4, -0.2) is 41.8 Å². The lowest BCUT2D eigenvalue weighted by atomic mass is 9.59. The molecule has 0 radical (unpaired) electrons. The number of piperidine rings is 2. The van der Waals surface area contributed by atoms with Crippen LogP contribution in [0.25, 0.3) is 0 Å². The van der Waals surface area contributed by atoms with E-state index in [0.29, 0.717) is 59.1 Å². The molecule has 1 spiro atoms. The molecule has 2 N–H and O–H groups in total. The molecule has 0 aromatic heterocycles. The van der Waals surface area contributed by atoms with Gasteiger partial charge in [0.2, 0.25) is 17.7 Å². The van der Waals surface area contributed by atoms with Crippen LogP contribution in [0.5, 0.6) is 5.75 Å². The highest BCUT2D eigenvalue weighted by Crippen LogP contribution is 2.59. The summed E-state index contributed by atoms with van der Waals surface area (Å²) in [4.78, 5) is 41.3. The summed E-state index contributed by atoms with van der Waals surface area (Å²) in [5, 5.41) is 6.48. The average Bonchev–Trinajstić information content (AvgIpc) is 3.22. The number of rotatable bonds is 4. The summed E-state index contributed by atoms with van der Waals surface area (Å²) >= 11 is 9.89. The molecule has 41 heavy (non-hydrogen) atoms. The van der Waals surface area contributed by atoms with Gasteiger partial charge >= 0.3 is 0 Å². The van der Waals surface area contributed by atoms with E-state index in [9.17, 15) is 18.8 Å². The third kappa shape index (κ3) is 4.89. The Balaban J connectivity index is 1.50. The van der Waals surface area contributed by atoms with Gasteiger partial charge in [-0.15, -0.1) is 0 Å². The molecule has 10 heteroatoms. The highest BCUT2D eigenvalue weighted by Gasteiger charge is 2.61. The van der Waals surface area contributed by atoms with E-state index in [1.165, 1.54) is 12.1 Å². The number of anilines is 1. The monoisotopic (exact) mass is 639 g/mol. The van der Waals surface area contributed by atoms with Crippen LogP contribution >= 0.6 is 27.5 Å². The number of benzene rings is 3. The normalized spacial score (nSPS) is 24.1. The number of fused-ring (bicyclic) bond motifs is 2. The van der Waals surface area contributed by atoms with Gasteiger partial charge < -0.3 is 20.3 Å². The van der Waals surface area contributed by atoms with Gasteiger partial charge in [-0.2, -0.15) is 0 Å². The van der Waals surface area contributed by atoms with Crippen LogP contribution in [0.4, 0.5) is 10.1 Å². The first-order valence-electron chi connectivity index (χ1n) is 13.5. The Labute approximate surface area is 250 Å². The predicted octanol–water partition coefficient (Wildman–Crippen LogP) is 5.87. The topological polar surface area (TPSA) is 87.7 Å². The summed E-state index contributed by atoms with van der Waals surface area (Å²) in [5.74, 6) is -1.08. The number of nitrogens with zero attached hydrogens (tertiary/aromatic N) is 1. The van der Waals surface area contributed by atoms with Crippen molar-refractivity contribution in [1.29, 1.82) is 0 Å². The molecule has 6 rings (SSSR count). The summed E-state index contributed by atoms with van der Waals surface area (Å²) in [5.41, 5.74) is 1.09. The first-order chi connectivity index (χ1) is 19.7. The zero-order valence-corrected chi connectivity index (χ0v) is 24.6. The second kappa shape index (κ2) is 10.8. The van der Waals surface area contributed by atoms with Crippen LogP contribution in [0.3, 0.4) is 0 Å². The van der Waals surface area contributed by atoms with E-state index in [-0.39, 0.29) is 30.2 Å². The van der Waals surface area contributed by atoms with Crippen molar-refractivity contribution in [2.45, 2.75) is 49.7 Å². The molecular weight excluding hydrogens is 613 g/mol. The lowest BCUT2D eigenvalue weighted by Gasteiger charge is -2.46. The third-order valence-corrected chi connectivity index (χ3v) is 9.19. The summed E-state index contributed by atoms with van der Waals surface area (Å²) in [6.07, 6.45) is 1.20. The molecule has 3 aromatic carbocycles. The van der Waals surface area contributed by atoms with Crippen LogP contribution < -0.4 is 15.4 Å². The second-order valence-electron chi connectivity index (χ2n) is 10.8. The number of amides is 3. The largest absolute Gasteiger partial charge is 0.490 e. The number of carbonyl (C=O) groups excluding carboxylic acids is 3. The molecule has 2 saturated heterocycles. The van der Waals surface area contributed by atoms with Gasteiger partial charge in [-0.05, 0) is 53.6 Å². The van der Waals surface area contributed by atoms with Gasteiger partial charge in [-0.1, -0.05) is 45.7 Å². The Kier molecular flexibility index (Phi) is 7.28. The fraction of sp³-hybridized carbons (Fsp3) is 0.323. The fourth-order valence-electron chi connectivity index (χ4n) is 6.60. The number of nitrogens with one attached hydrogen (secondary N) is 2. The van der Waals surface area contributed by atoms with E-state index in [2.05, 4.69) is 26.6 Å². The molecule has 3 atom stereocenters. The van der Waals surface area contributed by atoms with Crippen molar-refractivity contribution in [2.75, 3.05) is 18.4 Å². The minimum absolute atomic E-state index is 0.0108. The molecule has 3 aliphatic heterocycles. The van der Waals surface area contributed by atoms with Crippen molar-refractivity contribution in [3.63, 3.8) is 0 Å². The van der Waals surface area contributed by atoms with Crippen LogP contribution in [0.15, 0.2) is 65.1 Å². The van der Waals surface area contributed by atoms with E-state index < -0.39 is 23.2 Å². The first kappa shape index (κ1) is 27.7. The summed E-state index contributed by atoms with van der Waals surface area (Å²) < 4.78 is 21.9. The summed E-state index contributed by atoms with van der Waals surface area (Å²) in [6.45, 7) is 2.76. The maximum absolute atomic E-state index is 14.5. The molecule has 3 heterocycles. The minimum atomic E-state index is -1.32. The quantitative estimate of drug-likeness (QED) is 0.374. The van der Waals surface area contributed by atoms with Gasteiger partial charge in [0.1, 0.15) is 23.1 Å². The lowest BCUT2D eigenvalue weighted by Crippen LogP contribution is -2.57. The standard InChI is InChI=1S/C31H28BrClFN3O4/c1-17(38)37-11-9-22(10-12-37)41-27-8-5-19(32)14-23(27)25-16-28(39)36-29(18-3-2-4-21(34)13-18)31(25)24-7-6-20(33)15-26(24)35-30(31)40/h2-8,13-15,22,25,29H,9-12,16H2,1H3,(H,35,40)(H,36,39)/t25-,29+,31-/m1/s1. The molecule has 0 aliphatic carbocycles. The average molecular weight is 641 g/mol. The maximum Gasteiger partial charge on any atom is 0.238 e. The predicted molar refractivity (Wildman–Crippen MR) is 156 cm³/mol.